The number of nitrogen functional groups attached to an aromatic ring is 1. The summed E-state index contributed by atoms with van der Waals surface area (Å²) in [6.45, 7) is 4.03. The lowest BCUT2D eigenvalue weighted by atomic mass is 10.2. The minimum Gasteiger partial charge on any atom is -0.368 e. The Bertz CT molecular complexity index is 496. The molecule has 5 nitrogen and oxygen atoms in total. The van der Waals surface area contributed by atoms with Crippen molar-refractivity contribution in [1.82, 2.24) is 15.0 Å². The van der Waals surface area contributed by atoms with Crippen LogP contribution in [0.2, 0.25) is 0 Å². The van der Waals surface area contributed by atoms with Gasteiger partial charge < -0.3 is 11.1 Å². The Morgan fingerprint density at radius 1 is 1.06 bits per heavy atom. The molecule has 0 atom stereocenters. The molecule has 1 heterocycles. The molecular weight excluding hydrogens is 214 g/mol. The second kappa shape index (κ2) is 4.78. The van der Waals surface area contributed by atoms with E-state index >= 15 is 0 Å². The number of hydrogen-bond donors (Lipinski definition) is 2. The molecule has 0 amide bonds. The molecule has 0 bridgehead atoms. The predicted molar refractivity (Wildman–Crippen MR) is 68.4 cm³/mol. The van der Waals surface area contributed by atoms with Gasteiger partial charge in [0.1, 0.15) is 0 Å². The summed E-state index contributed by atoms with van der Waals surface area (Å²) >= 11 is 0. The van der Waals surface area contributed by atoms with Crippen LogP contribution in [0.1, 0.15) is 13.8 Å². The molecule has 0 fully saturated rings. The molecule has 0 aliphatic rings. The van der Waals surface area contributed by atoms with E-state index in [4.69, 9.17) is 5.73 Å². The fourth-order valence-electron chi connectivity index (χ4n) is 1.43. The van der Waals surface area contributed by atoms with Gasteiger partial charge in [-0.3, -0.25) is 0 Å². The first-order valence-corrected chi connectivity index (χ1v) is 5.48. The molecule has 1 aromatic heterocycles. The first-order chi connectivity index (χ1) is 8.15. The van der Waals surface area contributed by atoms with Gasteiger partial charge in [0.05, 0.1) is 0 Å². The summed E-state index contributed by atoms with van der Waals surface area (Å²) in [5, 5.41) is 3.11. The van der Waals surface area contributed by atoms with E-state index in [0.717, 1.165) is 5.56 Å². The molecule has 2 aromatic rings. The fraction of sp³-hybridized carbons (Fsp3) is 0.250. The minimum absolute atomic E-state index is 0.224. The third-order valence-electron chi connectivity index (χ3n) is 2.10. The molecule has 0 spiro atoms. The van der Waals surface area contributed by atoms with Crippen molar-refractivity contribution in [1.29, 1.82) is 0 Å². The van der Waals surface area contributed by atoms with Crippen LogP contribution in [0.3, 0.4) is 0 Å². The molecular formula is C12H15N5. The number of nitrogens with two attached hydrogens (primary N) is 1. The number of hydrogen-bond acceptors (Lipinski definition) is 5. The van der Waals surface area contributed by atoms with Crippen LogP contribution < -0.4 is 11.1 Å². The summed E-state index contributed by atoms with van der Waals surface area (Å²) in [5.41, 5.74) is 6.59. The quantitative estimate of drug-likeness (QED) is 0.841. The van der Waals surface area contributed by atoms with Crippen molar-refractivity contribution in [2.45, 2.75) is 19.9 Å². The van der Waals surface area contributed by atoms with Crippen LogP contribution in [0.4, 0.5) is 11.9 Å². The van der Waals surface area contributed by atoms with Gasteiger partial charge in [-0.05, 0) is 13.8 Å². The van der Waals surface area contributed by atoms with Crippen LogP contribution >= 0.6 is 0 Å². The standard InChI is InChI=1S/C12H15N5/c1-8(2)14-12-16-10(15-11(13)17-12)9-6-4-3-5-7-9/h3-8H,1-2H3,(H3,13,14,15,16,17). The lowest BCUT2D eigenvalue weighted by Gasteiger charge is -2.09. The van der Waals surface area contributed by atoms with E-state index in [2.05, 4.69) is 20.3 Å². The molecule has 5 heteroatoms. The number of aromatic nitrogens is 3. The van der Waals surface area contributed by atoms with Crippen molar-refractivity contribution in [3.05, 3.63) is 30.3 Å². The van der Waals surface area contributed by atoms with Crippen molar-refractivity contribution < 1.29 is 0 Å². The molecule has 0 unspecified atom stereocenters. The Balaban J connectivity index is 2.38. The van der Waals surface area contributed by atoms with Gasteiger partial charge >= 0.3 is 0 Å². The molecule has 0 aliphatic heterocycles. The van der Waals surface area contributed by atoms with Gasteiger partial charge in [-0.2, -0.15) is 15.0 Å². The molecule has 1 aromatic carbocycles. The van der Waals surface area contributed by atoms with E-state index in [1.54, 1.807) is 0 Å². The van der Waals surface area contributed by atoms with Crippen molar-refractivity contribution in [3.63, 3.8) is 0 Å². The van der Waals surface area contributed by atoms with Gasteiger partial charge in [-0.1, -0.05) is 30.3 Å². The fourth-order valence-corrected chi connectivity index (χ4v) is 1.43. The first-order valence-electron chi connectivity index (χ1n) is 5.48. The first kappa shape index (κ1) is 11.3. The predicted octanol–water partition coefficient (Wildman–Crippen LogP) is 1.94. The van der Waals surface area contributed by atoms with Crippen LogP contribution in [-0.4, -0.2) is 21.0 Å². The zero-order chi connectivity index (χ0) is 12.3. The number of nitrogens with zero attached hydrogens (tertiary/aromatic N) is 3. The smallest absolute Gasteiger partial charge is 0.228 e. The van der Waals surface area contributed by atoms with Gasteiger partial charge in [0.25, 0.3) is 0 Å². The monoisotopic (exact) mass is 229 g/mol. The van der Waals surface area contributed by atoms with Gasteiger partial charge in [0, 0.05) is 11.6 Å². The summed E-state index contributed by atoms with van der Waals surface area (Å²) < 4.78 is 0. The van der Waals surface area contributed by atoms with Crippen molar-refractivity contribution in [2.24, 2.45) is 0 Å². The molecule has 0 radical (unpaired) electrons. The van der Waals surface area contributed by atoms with E-state index < -0.39 is 0 Å². The molecule has 0 aliphatic carbocycles. The Hall–Kier alpha value is -2.17. The second-order valence-corrected chi connectivity index (χ2v) is 4.01. The Morgan fingerprint density at radius 3 is 2.41 bits per heavy atom. The van der Waals surface area contributed by atoms with E-state index in [1.807, 2.05) is 44.2 Å². The van der Waals surface area contributed by atoms with Crippen LogP contribution in [0.25, 0.3) is 11.4 Å². The number of anilines is 2. The van der Waals surface area contributed by atoms with Gasteiger partial charge in [0.15, 0.2) is 5.82 Å². The van der Waals surface area contributed by atoms with E-state index in [1.165, 1.54) is 0 Å². The maximum atomic E-state index is 5.67. The average molecular weight is 229 g/mol. The zero-order valence-electron chi connectivity index (χ0n) is 9.88. The third kappa shape index (κ3) is 2.90. The summed E-state index contributed by atoms with van der Waals surface area (Å²) in [6, 6.07) is 9.94. The van der Waals surface area contributed by atoms with Gasteiger partial charge in [-0.15, -0.1) is 0 Å². The normalized spacial score (nSPS) is 10.5. The number of benzene rings is 1. The Morgan fingerprint density at radius 2 is 1.76 bits per heavy atom. The second-order valence-electron chi connectivity index (χ2n) is 4.01. The summed E-state index contributed by atoms with van der Waals surface area (Å²) in [6.07, 6.45) is 0. The van der Waals surface area contributed by atoms with Crippen molar-refractivity contribution in [2.75, 3.05) is 11.1 Å². The van der Waals surface area contributed by atoms with Crippen LogP contribution in [-0.2, 0) is 0 Å². The maximum Gasteiger partial charge on any atom is 0.228 e. The van der Waals surface area contributed by atoms with E-state index in [0.29, 0.717) is 11.8 Å². The summed E-state index contributed by atoms with van der Waals surface area (Å²) in [5.74, 6) is 1.31. The van der Waals surface area contributed by atoms with Gasteiger partial charge in [0.2, 0.25) is 11.9 Å². The van der Waals surface area contributed by atoms with Crippen LogP contribution in [0, 0.1) is 0 Å². The summed E-state index contributed by atoms with van der Waals surface area (Å²) in [7, 11) is 0. The van der Waals surface area contributed by atoms with Crippen LogP contribution in [0.15, 0.2) is 30.3 Å². The van der Waals surface area contributed by atoms with Gasteiger partial charge in [-0.25, -0.2) is 0 Å². The largest absolute Gasteiger partial charge is 0.368 e. The molecule has 0 saturated carbocycles. The molecule has 3 N–H and O–H groups in total. The third-order valence-corrected chi connectivity index (χ3v) is 2.10. The highest BCUT2D eigenvalue weighted by atomic mass is 15.2. The lowest BCUT2D eigenvalue weighted by molar-refractivity contribution is 0.870. The Labute approximate surface area is 100 Å². The van der Waals surface area contributed by atoms with Crippen molar-refractivity contribution >= 4 is 11.9 Å². The Kier molecular flexibility index (Phi) is 3.18. The number of rotatable bonds is 3. The zero-order valence-corrected chi connectivity index (χ0v) is 9.88. The highest BCUT2D eigenvalue weighted by Gasteiger charge is 2.06. The highest BCUT2D eigenvalue weighted by molar-refractivity contribution is 5.57. The van der Waals surface area contributed by atoms with E-state index in [9.17, 15) is 0 Å². The molecule has 17 heavy (non-hydrogen) atoms. The minimum atomic E-state index is 0.224. The molecule has 2 rings (SSSR count). The maximum absolute atomic E-state index is 5.67. The molecule has 88 valence electrons. The lowest BCUT2D eigenvalue weighted by Crippen LogP contribution is -2.14. The summed E-state index contributed by atoms with van der Waals surface area (Å²) in [4.78, 5) is 12.5. The van der Waals surface area contributed by atoms with Crippen molar-refractivity contribution in [3.8, 4) is 11.4 Å². The topological polar surface area (TPSA) is 76.7 Å². The molecule has 0 saturated heterocycles. The van der Waals surface area contributed by atoms with E-state index in [-0.39, 0.29) is 12.0 Å². The SMILES string of the molecule is CC(C)Nc1nc(N)nc(-c2ccccc2)n1. The average Bonchev–Trinajstić information content (AvgIpc) is 2.28. The number of nitrogens with one attached hydrogen (secondary N) is 1. The van der Waals surface area contributed by atoms with Crippen LogP contribution in [0.5, 0.6) is 0 Å². The highest BCUT2D eigenvalue weighted by Crippen LogP contribution is 2.16.